The fourth-order valence-corrected chi connectivity index (χ4v) is 4.40. The highest BCUT2D eigenvalue weighted by Gasteiger charge is 2.44. The van der Waals surface area contributed by atoms with Crippen molar-refractivity contribution in [3.63, 3.8) is 0 Å². The van der Waals surface area contributed by atoms with Crippen LogP contribution in [-0.2, 0) is 6.42 Å². The second-order valence-corrected chi connectivity index (χ2v) is 7.53. The van der Waals surface area contributed by atoms with Gasteiger partial charge < -0.3 is 10.0 Å². The van der Waals surface area contributed by atoms with Crippen LogP contribution in [0.15, 0.2) is 24.3 Å². The van der Waals surface area contributed by atoms with Crippen molar-refractivity contribution in [2.45, 2.75) is 63.0 Å². The first-order chi connectivity index (χ1) is 10.0. The van der Waals surface area contributed by atoms with Gasteiger partial charge in [0, 0.05) is 5.54 Å². The fraction of sp³-hybridized carbons (Fsp3) is 0.684. The Hall–Kier alpha value is -0.860. The number of aliphatic hydroxyl groups excluding tert-OH is 1. The van der Waals surface area contributed by atoms with Crippen LogP contribution >= 0.6 is 0 Å². The first-order valence-electron chi connectivity index (χ1n) is 8.46. The summed E-state index contributed by atoms with van der Waals surface area (Å²) < 4.78 is 0. The highest BCUT2D eigenvalue weighted by molar-refractivity contribution is 5.40. The molecule has 0 saturated heterocycles. The van der Waals surface area contributed by atoms with E-state index in [1.54, 1.807) is 0 Å². The van der Waals surface area contributed by atoms with Crippen molar-refractivity contribution in [1.82, 2.24) is 4.90 Å². The third kappa shape index (κ3) is 2.64. The third-order valence-corrected chi connectivity index (χ3v) is 6.12. The molecule has 0 spiro atoms. The molecule has 1 aromatic rings. The summed E-state index contributed by atoms with van der Waals surface area (Å²) in [5.74, 6) is 1.38. The lowest BCUT2D eigenvalue weighted by molar-refractivity contribution is -0.0464. The van der Waals surface area contributed by atoms with E-state index in [0.717, 1.165) is 31.6 Å². The van der Waals surface area contributed by atoms with Gasteiger partial charge in [0.1, 0.15) is 0 Å². The summed E-state index contributed by atoms with van der Waals surface area (Å²) in [6.45, 7) is 2.34. The van der Waals surface area contributed by atoms with Gasteiger partial charge in [-0.1, -0.05) is 31.2 Å². The van der Waals surface area contributed by atoms with Crippen molar-refractivity contribution in [1.29, 1.82) is 0 Å². The topological polar surface area (TPSA) is 23.5 Å². The van der Waals surface area contributed by atoms with Crippen molar-refractivity contribution in [2.75, 3.05) is 14.1 Å². The minimum atomic E-state index is -0.210. The number of nitrogens with zero attached hydrogens (tertiary/aromatic N) is 1. The van der Waals surface area contributed by atoms with E-state index < -0.39 is 0 Å². The molecule has 0 aliphatic heterocycles. The number of hydrogen-bond donors (Lipinski definition) is 1. The molecule has 2 heteroatoms. The molecule has 0 bridgehead atoms. The van der Waals surface area contributed by atoms with Gasteiger partial charge in [0.25, 0.3) is 0 Å². The Morgan fingerprint density at radius 3 is 2.52 bits per heavy atom. The van der Waals surface area contributed by atoms with Gasteiger partial charge in [0.15, 0.2) is 0 Å². The standard InChI is InChI=1S/C19H29NO/c1-14-8-10-19(11-9-14,20(2)3)18(21)13-16-12-15-6-4-5-7-17(15)16/h4-7,14,16,18,21H,8-13H2,1-3H3. The molecule has 0 heterocycles. The quantitative estimate of drug-likeness (QED) is 0.915. The summed E-state index contributed by atoms with van der Waals surface area (Å²) in [7, 11) is 4.29. The first kappa shape index (κ1) is 15.1. The van der Waals surface area contributed by atoms with Crippen molar-refractivity contribution < 1.29 is 5.11 Å². The average Bonchev–Trinajstić information content (AvgIpc) is 2.45. The monoisotopic (exact) mass is 287 g/mol. The molecule has 0 aromatic heterocycles. The van der Waals surface area contributed by atoms with Gasteiger partial charge in [-0.05, 0) is 75.6 Å². The molecule has 1 aromatic carbocycles. The van der Waals surface area contributed by atoms with Gasteiger partial charge in [0.05, 0.1) is 6.10 Å². The molecule has 1 saturated carbocycles. The maximum Gasteiger partial charge on any atom is 0.0729 e. The smallest absolute Gasteiger partial charge is 0.0729 e. The largest absolute Gasteiger partial charge is 0.391 e. The van der Waals surface area contributed by atoms with E-state index in [9.17, 15) is 5.11 Å². The third-order valence-electron chi connectivity index (χ3n) is 6.12. The van der Waals surface area contributed by atoms with Crippen LogP contribution in [0, 0.1) is 5.92 Å². The Morgan fingerprint density at radius 2 is 1.90 bits per heavy atom. The summed E-state index contributed by atoms with van der Waals surface area (Å²) in [5, 5.41) is 11.0. The zero-order valence-electron chi connectivity index (χ0n) is 13.7. The minimum Gasteiger partial charge on any atom is -0.391 e. The molecule has 0 amide bonds. The Kier molecular flexibility index (Phi) is 4.11. The van der Waals surface area contributed by atoms with E-state index in [-0.39, 0.29) is 11.6 Å². The van der Waals surface area contributed by atoms with E-state index >= 15 is 0 Å². The van der Waals surface area contributed by atoms with Crippen LogP contribution in [0.3, 0.4) is 0 Å². The number of fused-ring (bicyclic) bond motifs is 1. The minimum absolute atomic E-state index is 0.00293. The number of benzene rings is 1. The molecular weight excluding hydrogens is 258 g/mol. The molecule has 21 heavy (non-hydrogen) atoms. The maximum absolute atomic E-state index is 11.0. The van der Waals surface area contributed by atoms with E-state index in [0.29, 0.717) is 5.92 Å². The van der Waals surface area contributed by atoms with Gasteiger partial charge in [-0.15, -0.1) is 0 Å². The SMILES string of the molecule is CC1CCC(C(O)CC2Cc3ccccc32)(N(C)C)CC1. The van der Waals surface area contributed by atoms with E-state index in [2.05, 4.69) is 50.2 Å². The zero-order chi connectivity index (χ0) is 15.0. The summed E-state index contributed by atoms with van der Waals surface area (Å²) in [4.78, 5) is 2.30. The number of hydrogen-bond acceptors (Lipinski definition) is 2. The van der Waals surface area contributed by atoms with Gasteiger partial charge in [0.2, 0.25) is 0 Å². The summed E-state index contributed by atoms with van der Waals surface area (Å²) in [6, 6.07) is 8.71. The van der Waals surface area contributed by atoms with Crippen molar-refractivity contribution in [3.8, 4) is 0 Å². The Morgan fingerprint density at radius 1 is 1.24 bits per heavy atom. The van der Waals surface area contributed by atoms with Crippen LogP contribution in [0.25, 0.3) is 0 Å². The molecule has 2 unspecified atom stereocenters. The van der Waals surface area contributed by atoms with Crippen LogP contribution in [0.1, 0.15) is 56.1 Å². The predicted molar refractivity (Wildman–Crippen MR) is 87.6 cm³/mol. The molecule has 1 N–H and O–H groups in total. The zero-order valence-corrected chi connectivity index (χ0v) is 13.7. The molecule has 0 radical (unpaired) electrons. The van der Waals surface area contributed by atoms with E-state index in [1.807, 2.05) is 0 Å². The van der Waals surface area contributed by atoms with Crippen LogP contribution in [0.4, 0.5) is 0 Å². The van der Waals surface area contributed by atoms with Crippen LogP contribution < -0.4 is 0 Å². The highest BCUT2D eigenvalue weighted by atomic mass is 16.3. The van der Waals surface area contributed by atoms with Crippen LogP contribution in [-0.4, -0.2) is 35.7 Å². The highest BCUT2D eigenvalue weighted by Crippen LogP contribution is 2.44. The van der Waals surface area contributed by atoms with Gasteiger partial charge in [-0.25, -0.2) is 0 Å². The van der Waals surface area contributed by atoms with Crippen molar-refractivity contribution >= 4 is 0 Å². The second-order valence-electron chi connectivity index (χ2n) is 7.53. The molecule has 2 nitrogen and oxygen atoms in total. The number of likely N-dealkylation sites (N-methyl/N-ethyl adjacent to an activating group) is 1. The molecule has 116 valence electrons. The lowest BCUT2D eigenvalue weighted by atomic mass is 9.67. The van der Waals surface area contributed by atoms with Crippen LogP contribution in [0.5, 0.6) is 0 Å². The van der Waals surface area contributed by atoms with E-state index in [1.165, 1.54) is 24.0 Å². The molecule has 2 aliphatic rings. The van der Waals surface area contributed by atoms with Crippen molar-refractivity contribution in [2.24, 2.45) is 5.92 Å². The lowest BCUT2D eigenvalue weighted by Crippen LogP contribution is -2.56. The Balaban J connectivity index is 1.70. The average molecular weight is 287 g/mol. The van der Waals surface area contributed by atoms with Gasteiger partial charge >= 0.3 is 0 Å². The van der Waals surface area contributed by atoms with Crippen LogP contribution in [0.2, 0.25) is 0 Å². The molecular formula is C19H29NO. The summed E-state index contributed by atoms with van der Waals surface area (Å²) in [5.41, 5.74) is 2.94. The Bertz CT molecular complexity index is 488. The molecule has 2 aliphatic carbocycles. The van der Waals surface area contributed by atoms with Gasteiger partial charge in [-0.2, -0.15) is 0 Å². The van der Waals surface area contributed by atoms with Crippen molar-refractivity contribution in [3.05, 3.63) is 35.4 Å². The molecule has 2 atom stereocenters. The summed E-state index contributed by atoms with van der Waals surface area (Å²) in [6.07, 6.45) is 6.62. The van der Waals surface area contributed by atoms with Gasteiger partial charge in [-0.3, -0.25) is 0 Å². The summed E-state index contributed by atoms with van der Waals surface area (Å²) >= 11 is 0. The first-order valence-corrected chi connectivity index (χ1v) is 8.46. The lowest BCUT2D eigenvalue weighted by Gasteiger charge is -2.49. The second kappa shape index (κ2) is 5.73. The molecule has 3 rings (SSSR count). The molecule has 1 fully saturated rings. The normalized spacial score (nSPS) is 33.4. The van der Waals surface area contributed by atoms with E-state index in [4.69, 9.17) is 0 Å². The maximum atomic E-state index is 11.0. The Labute approximate surface area is 129 Å². The number of aliphatic hydroxyl groups is 1. The predicted octanol–water partition coefficient (Wildman–Crippen LogP) is 3.59. The fourth-order valence-electron chi connectivity index (χ4n) is 4.40. The number of rotatable bonds is 4.